The lowest BCUT2D eigenvalue weighted by molar-refractivity contribution is -0.167. The van der Waals surface area contributed by atoms with Crippen LogP contribution in [0.3, 0.4) is 0 Å². The number of unbranched alkanes of at least 4 members (excludes halogenated alkanes) is 44. The molecule has 0 fully saturated rings. The number of allylic oxidation sites excluding steroid dienone is 8. The zero-order valence-corrected chi connectivity index (χ0v) is 51.7. The molecule has 6 heteroatoms. The Morgan fingerprint density at radius 3 is 0.792 bits per heavy atom. The molecule has 1 unspecified atom stereocenters. The first-order chi connectivity index (χ1) is 38.0. The minimum atomic E-state index is -0.772. The van der Waals surface area contributed by atoms with Gasteiger partial charge in [-0.3, -0.25) is 14.4 Å². The van der Waals surface area contributed by atoms with Gasteiger partial charge in [-0.25, -0.2) is 0 Å². The maximum absolute atomic E-state index is 12.9. The van der Waals surface area contributed by atoms with Gasteiger partial charge in [-0.2, -0.15) is 0 Å². The van der Waals surface area contributed by atoms with Gasteiger partial charge < -0.3 is 14.2 Å². The number of rotatable bonds is 63. The molecule has 1 atom stereocenters. The van der Waals surface area contributed by atoms with E-state index >= 15 is 0 Å². The second-order valence-electron chi connectivity index (χ2n) is 23.1. The molecule has 0 heterocycles. The summed E-state index contributed by atoms with van der Waals surface area (Å²) >= 11 is 0. The largest absolute Gasteiger partial charge is 0.462 e. The molecule has 0 aromatic carbocycles. The van der Waals surface area contributed by atoms with Crippen molar-refractivity contribution in [3.05, 3.63) is 48.6 Å². The summed E-state index contributed by atoms with van der Waals surface area (Å²) in [6.07, 6.45) is 82.9. The minimum absolute atomic E-state index is 0.0696. The van der Waals surface area contributed by atoms with E-state index in [4.69, 9.17) is 14.2 Å². The molecule has 77 heavy (non-hydrogen) atoms. The van der Waals surface area contributed by atoms with Crippen molar-refractivity contribution in [3.8, 4) is 0 Å². The van der Waals surface area contributed by atoms with Gasteiger partial charge in [0.25, 0.3) is 0 Å². The SMILES string of the molecule is CC/C=C\C/C=C\C/C=C\C/C=C\CCCCCCCCCCCCC(=O)OC(COC(=O)CCCCCCCCCCC)COC(=O)CCCCCCCCCCCCCCCCCCCCCCCCCCCCC. The van der Waals surface area contributed by atoms with Crippen LogP contribution in [0.1, 0.15) is 367 Å². The van der Waals surface area contributed by atoms with Crippen LogP contribution in [0.5, 0.6) is 0 Å². The maximum Gasteiger partial charge on any atom is 0.306 e. The van der Waals surface area contributed by atoms with Crippen molar-refractivity contribution < 1.29 is 28.6 Å². The third kappa shape index (κ3) is 64.1. The molecule has 0 bridgehead atoms. The van der Waals surface area contributed by atoms with Crippen molar-refractivity contribution in [1.29, 1.82) is 0 Å². The average molecular weight is 1080 g/mol. The third-order valence-corrected chi connectivity index (χ3v) is 15.3. The van der Waals surface area contributed by atoms with Gasteiger partial charge in [0.05, 0.1) is 0 Å². The van der Waals surface area contributed by atoms with Crippen LogP contribution < -0.4 is 0 Å². The summed E-state index contributed by atoms with van der Waals surface area (Å²) in [4.78, 5) is 38.2. The lowest BCUT2D eigenvalue weighted by Gasteiger charge is -2.18. The predicted octanol–water partition coefficient (Wildman–Crippen LogP) is 23.3. The van der Waals surface area contributed by atoms with E-state index in [1.165, 1.54) is 244 Å². The quantitative estimate of drug-likeness (QED) is 0.0261. The number of ether oxygens (including phenoxy) is 3. The number of carbonyl (C=O) groups excluding carboxylic acids is 3. The van der Waals surface area contributed by atoms with Gasteiger partial charge in [-0.15, -0.1) is 0 Å². The molecule has 0 aliphatic rings. The summed E-state index contributed by atoms with van der Waals surface area (Å²) in [5, 5.41) is 0. The summed E-state index contributed by atoms with van der Waals surface area (Å²) in [6, 6.07) is 0. The van der Waals surface area contributed by atoms with Crippen LogP contribution in [0.25, 0.3) is 0 Å². The zero-order valence-electron chi connectivity index (χ0n) is 51.7. The van der Waals surface area contributed by atoms with Crippen LogP contribution >= 0.6 is 0 Å². The van der Waals surface area contributed by atoms with Crippen LogP contribution in [0.2, 0.25) is 0 Å². The molecule has 450 valence electrons. The number of hydrogen-bond donors (Lipinski definition) is 0. The predicted molar refractivity (Wildman–Crippen MR) is 335 cm³/mol. The highest BCUT2D eigenvalue weighted by Gasteiger charge is 2.19. The first-order valence-corrected chi connectivity index (χ1v) is 34.1. The van der Waals surface area contributed by atoms with Gasteiger partial charge in [0.1, 0.15) is 13.2 Å². The molecule has 0 aliphatic heterocycles. The Balaban J connectivity index is 4.12. The topological polar surface area (TPSA) is 78.9 Å². The Morgan fingerprint density at radius 2 is 0.506 bits per heavy atom. The Kier molecular flexibility index (Phi) is 63.6. The summed E-state index contributed by atoms with van der Waals surface area (Å²) in [5.74, 6) is -0.853. The lowest BCUT2D eigenvalue weighted by Crippen LogP contribution is -2.30. The molecule has 0 saturated heterocycles. The van der Waals surface area contributed by atoms with E-state index in [1.807, 2.05) is 0 Å². The van der Waals surface area contributed by atoms with Crippen molar-refractivity contribution in [1.82, 2.24) is 0 Å². The van der Waals surface area contributed by atoms with E-state index in [0.29, 0.717) is 19.3 Å². The van der Waals surface area contributed by atoms with Gasteiger partial charge in [0.15, 0.2) is 6.10 Å². The first-order valence-electron chi connectivity index (χ1n) is 34.1. The van der Waals surface area contributed by atoms with E-state index in [0.717, 1.165) is 83.5 Å². The third-order valence-electron chi connectivity index (χ3n) is 15.3. The van der Waals surface area contributed by atoms with Gasteiger partial charge in [0, 0.05) is 19.3 Å². The molecule has 0 saturated carbocycles. The monoisotopic (exact) mass is 1080 g/mol. The molecule has 0 N–H and O–H groups in total. The van der Waals surface area contributed by atoms with E-state index < -0.39 is 6.10 Å². The van der Waals surface area contributed by atoms with Crippen molar-refractivity contribution in [2.45, 2.75) is 374 Å². The lowest BCUT2D eigenvalue weighted by atomic mass is 10.0. The van der Waals surface area contributed by atoms with Crippen molar-refractivity contribution in [3.63, 3.8) is 0 Å². The molecular weight excluding hydrogens is 949 g/mol. The van der Waals surface area contributed by atoms with E-state index in [1.54, 1.807) is 0 Å². The first kappa shape index (κ1) is 74.4. The van der Waals surface area contributed by atoms with Gasteiger partial charge in [-0.05, 0) is 57.8 Å². The Bertz CT molecular complexity index is 1330. The standard InChI is InChI=1S/C71H130O6/c1-4-7-10-13-16-19-21-23-25-27-29-31-33-34-35-36-38-39-41-43-45-47-49-52-55-58-61-64-70(73)76-67-68(66-75-69(72)63-60-57-54-51-18-15-12-9-6-3)77-71(74)65-62-59-56-53-50-48-46-44-42-40-37-32-30-28-26-24-22-20-17-14-11-8-5-2/h8,11,17,20,24,26,30,32,68H,4-7,9-10,12-16,18-19,21-23,25,27-29,31,33-67H2,1-3H3/b11-8-,20-17-,26-24-,32-30-. The number of carbonyl (C=O) groups is 3. The average Bonchev–Trinajstić information content (AvgIpc) is 3.43. The van der Waals surface area contributed by atoms with Gasteiger partial charge in [-0.1, -0.05) is 339 Å². The molecule has 0 radical (unpaired) electrons. The fraction of sp³-hybridized carbons (Fsp3) is 0.845. The van der Waals surface area contributed by atoms with E-state index in [-0.39, 0.29) is 31.1 Å². The Hall–Kier alpha value is -2.63. The smallest absolute Gasteiger partial charge is 0.306 e. The maximum atomic E-state index is 12.9. The highest BCUT2D eigenvalue weighted by atomic mass is 16.6. The summed E-state index contributed by atoms with van der Waals surface area (Å²) in [7, 11) is 0. The molecule has 0 aromatic rings. The molecule has 0 rings (SSSR count). The number of esters is 3. The highest BCUT2D eigenvalue weighted by Crippen LogP contribution is 2.18. The Labute approximate surface area is 479 Å². The van der Waals surface area contributed by atoms with Crippen LogP contribution in [-0.2, 0) is 28.6 Å². The van der Waals surface area contributed by atoms with Gasteiger partial charge >= 0.3 is 17.9 Å². The van der Waals surface area contributed by atoms with Crippen LogP contribution in [0.4, 0.5) is 0 Å². The van der Waals surface area contributed by atoms with Crippen molar-refractivity contribution in [2.75, 3.05) is 13.2 Å². The summed E-state index contributed by atoms with van der Waals surface area (Å²) in [6.45, 7) is 6.57. The van der Waals surface area contributed by atoms with Crippen molar-refractivity contribution in [2.24, 2.45) is 0 Å². The Morgan fingerprint density at radius 1 is 0.273 bits per heavy atom. The molecule has 0 spiro atoms. The molecule has 0 aromatic heterocycles. The normalized spacial score (nSPS) is 12.3. The fourth-order valence-corrected chi connectivity index (χ4v) is 10.3. The molecular formula is C71H130O6. The summed E-state index contributed by atoms with van der Waals surface area (Å²) in [5.41, 5.74) is 0. The highest BCUT2D eigenvalue weighted by molar-refractivity contribution is 5.71. The van der Waals surface area contributed by atoms with Crippen molar-refractivity contribution >= 4 is 17.9 Å². The van der Waals surface area contributed by atoms with Gasteiger partial charge in [0.2, 0.25) is 0 Å². The van der Waals surface area contributed by atoms with E-state index in [9.17, 15) is 14.4 Å². The zero-order chi connectivity index (χ0) is 55.7. The van der Waals surface area contributed by atoms with Crippen LogP contribution in [-0.4, -0.2) is 37.2 Å². The number of hydrogen-bond acceptors (Lipinski definition) is 6. The second kappa shape index (κ2) is 65.9. The fourth-order valence-electron chi connectivity index (χ4n) is 10.3. The molecule has 6 nitrogen and oxygen atoms in total. The van der Waals surface area contributed by atoms with E-state index in [2.05, 4.69) is 69.4 Å². The molecule has 0 aliphatic carbocycles. The minimum Gasteiger partial charge on any atom is -0.462 e. The summed E-state index contributed by atoms with van der Waals surface area (Å²) < 4.78 is 16.9. The second-order valence-corrected chi connectivity index (χ2v) is 23.1. The van der Waals surface area contributed by atoms with Crippen LogP contribution in [0.15, 0.2) is 48.6 Å². The molecule has 0 amide bonds. The van der Waals surface area contributed by atoms with Crippen LogP contribution in [0, 0.1) is 0 Å².